The topological polar surface area (TPSA) is 0 Å². The van der Waals surface area contributed by atoms with E-state index in [0.717, 1.165) is 5.19 Å². The molecule has 3 radical (unpaired) electrons. The molecule has 1 aromatic carbocycles. The van der Waals surface area contributed by atoms with Crippen molar-refractivity contribution in [3.05, 3.63) is 27.2 Å². The van der Waals surface area contributed by atoms with Gasteiger partial charge in [-0.25, -0.2) is 0 Å². The van der Waals surface area contributed by atoms with E-state index in [1.807, 2.05) is 0 Å². The van der Waals surface area contributed by atoms with Crippen LogP contribution in [0.5, 0.6) is 0 Å². The highest BCUT2D eigenvalue weighted by Crippen LogP contribution is 2.27. The summed E-state index contributed by atoms with van der Waals surface area (Å²) in [6, 6.07) is 3.42. The molecule has 0 saturated carbocycles. The first kappa shape index (κ1) is 8.40. The Morgan fingerprint density at radius 1 is 1.00 bits per heavy atom. The molecule has 4 heteroatoms. The molecule has 0 atom stereocenters. The van der Waals surface area contributed by atoms with Crippen LogP contribution in [0.15, 0.2) is 12.1 Å². The molecule has 1 rings (SSSR count). The zero-order valence-corrected chi connectivity index (χ0v) is 8.06. The average Bonchev–Trinajstić information content (AvgIpc) is 1.93. The number of hydrogen-bond donors (Lipinski definition) is 0. The van der Waals surface area contributed by atoms with Gasteiger partial charge in [0.25, 0.3) is 0 Å². The quantitative estimate of drug-likeness (QED) is 0.454. The van der Waals surface area contributed by atoms with Gasteiger partial charge in [-0.3, -0.25) is 0 Å². The lowest BCUT2D eigenvalue weighted by Gasteiger charge is -2.00. The van der Waals surface area contributed by atoms with Crippen LogP contribution in [-0.2, 0) is 0 Å². The highest BCUT2D eigenvalue weighted by Gasteiger charge is 2.03. The van der Waals surface area contributed by atoms with Crippen LogP contribution >= 0.6 is 34.8 Å². The molecule has 0 aliphatic carbocycles. The Bertz CT molecular complexity index is 232. The van der Waals surface area contributed by atoms with E-state index in [1.165, 1.54) is 0 Å². The molecule has 51 valence electrons. The number of rotatable bonds is 0. The molecule has 0 aliphatic heterocycles. The van der Waals surface area contributed by atoms with Gasteiger partial charge in [-0.2, -0.15) is 0 Å². The second-order valence-electron chi connectivity index (χ2n) is 1.72. The van der Waals surface area contributed by atoms with Gasteiger partial charge in [-0.1, -0.05) is 40.9 Å². The largest absolute Gasteiger partial charge is 0.0828 e. The van der Waals surface area contributed by atoms with Gasteiger partial charge in [0.05, 0.1) is 25.3 Å². The van der Waals surface area contributed by atoms with E-state index in [0.29, 0.717) is 15.1 Å². The first-order chi connectivity index (χ1) is 4.63. The summed E-state index contributed by atoms with van der Waals surface area (Å²) in [6.07, 6.45) is 0. The minimum atomic E-state index is 0.385. The van der Waals surface area contributed by atoms with Crippen molar-refractivity contribution in [2.45, 2.75) is 0 Å². The normalized spacial score (nSPS) is 10.0. The Balaban J connectivity index is 3.34. The van der Waals surface area contributed by atoms with Crippen LogP contribution in [0.4, 0.5) is 0 Å². The van der Waals surface area contributed by atoms with Gasteiger partial charge >= 0.3 is 0 Å². The molecule has 0 bridgehead atoms. The summed E-state index contributed by atoms with van der Waals surface area (Å²) in [4.78, 5) is 0. The fraction of sp³-hybridized carbons (Fsp3) is 0. The molecular weight excluding hydrogens is 207 g/mol. The highest BCUT2D eigenvalue weighted by molar-refractivity contribution is 6.53. The zero-order valence-electron chi connectivity index (χ0n) is 4.79. The Hall–Kier alpha value is 0.307. The summed E-state index contributed by atoms with van der Waals surface area (Å²) in [6.45, 7) is 0. The maximum Gasteiger partial charge on any atom is 0.0776 e. The molecule has 0 aromatic heterocycles. The highest BCUT2D eigenvalue weighted by atomic mass is 35.5. The van der Waals surface area contributed by atoms with E-state index >= 15 is 0 Å². The van der Waals surface area contributed by atoms with Crippen molar-refractivity contribution in [1.82, 2.24) is 0 Å². The van der Waals surface area contributed by atoms with E-state index in [-0.39, 0.29) is 0 Å². The minimum absolute atomic E-state index is 0.385. The lowest BCUT2D eigenvalue weighted by molar-refractivity contribution is 1.76. The van der Waals surface area contributed by atoms with Gasteiger partial charge in [0, 0.05) is 0 Å². The number of halogens is 3. The fourth-order valence-corrected chi connectivity index (χ4v) is 1.35. The molecule has 0 aliphatic rings. The van der Waals surface area contributed by atoms with Gasteiger partial charge in [0.1, 0.15) is 0 Å². The van der Waals surface area contributed by atoms with Crippen molar-refractivity contribution in [2.24, 2.45) is 0 Å². The van der Waals surface area contributed by atoms with E-state index in [1.54, 1.807) is 12.1 Å². The van der Waals surface area contributed by atoms with E-state index < -0.39 is 0 Å². The molecular formula is C6H2Cl3Si. The molecule has 0 unspecified atom stereocenters. The third kappa shape index (κ3) is 1.48. The average molecular weight is 209 g/mol. The predicted molar refractivity (Wildman–Crippen MR) is 46.9 cm³/mol. The monoisotopic (exact) mass is 207 g/mol. The van der Waals surface area contributed by atoms with Crippen LogP contribution in [0.3, 0.4) is 0 Å². The second kappa shape index (κ2) is 3.14. The number of benzene rings is 1. The van der Waals surface area contributed by atoms with Gasteiger partial charge in [-0.15, -0.1) is 0 Å². The third-order valence-corrected chi connectivity index (χ3v) is 2.90. The van der Waals surface area contributed by atoms with Gasteiger partial charge in [-0.05, 0) is 11.3 Å². The molecule has 0 nitrogen and oxygen atoms in total. The first-order valence-electron chi connectivity index (χ1n) is 2.48. The summed E-state index contributed by atoms with van der Waals surface area (Å²) in [7, 11) is 3.25. The standard InChI is InChI=1S/C6H2Cl3Si/c7-3-1-2-4(10)6(9)5(3)8/h1-2H. The van der Waals surface area contributed by atoms with Crippen LogP contribution < -0.4 is 5.19 Å². The Labute approximate surface area is 77.5 Å². The van der Waals surface area contributed by atoms with Crippen molar-refractivity contribution in [3.63, 3.8) is 0 Å². The first-order valence-corrected chi connectivity index (χ1v) is 4.11. The van der Waals surface area contributed by atoms with E-state index in [4.69, 9.17) is 34.8 Å². The lowest BCUT2D eigenvalue weighted by atomic mass is 10.3. The predicted octanol–water partition coefficient (Wildman–Crippen LogP) is 2.44. The molecule has 0 saturated heterocycles. The summed E-state index contributed by atoms with van der Waals surface area (Å²) in [5, 5.41) is 2.05. The van der Waals surface area contributed by atoms with Crippen LogP contribution in [0.25, 0.3) is 0 Å². The van der Waals surface area contributed by atoms with Crippen molar-refractivity contribution in [2.75, 3.05) is 0 Å². The van der Waals surface area contributed by atoms with E-state index in [2.05, 4.69) is 10.2 Å². The van der Waals surface area contributed by atoms with Crippen molar-refractivity contribution in [3.8, 4) is 0 Å². The molecule has 0 spiro atoms. The zero-order chi connectivity index (χ0) is 7.72. The fourth-order valence-electron chi connectivity index (χ4n) is 0.526. The SMILES string of the molecule is [Si]c1ccc(Cl)c(Cl)c1Cl. The third-order valence-electron chi connectivity index (χ3n) is 1.04. The van der Waals surface area contributed by atoms with Crippen molar-refractivity contribution < 1.29 is 0 Å². The lowest BCUT2D eigenvalue weighted by Crippen LogP contribution is -2.02. The smallest absolute Gasteiger partial charge is 0.0776 e. The van der Waals surface area contributed by atoms with Gasteiger partial charge < -0.3 is 0 Å². The maximum absolute atomic E-state index is 5.72. The Kier molecular flexibility index (Phi) is 2.64. The number of hydrogen-bond acceptors (Lipinski definition) is 0. The summed E-state index contributed by atoms with van der Waals surface area (Å²) in [5.41, 5.74) is 0. The van der Waals surface area contributed by atoms with Crippen LogP contribution in [0.2, 0.25) is 15.1 Å². The van der Waals surface area contributed by atoms with Crippen LogP contribution in [0.1, 0.15) is 0 Å². The minimum Gasteiger partial charge on any atom is -0.0828 e. The molecule has 0 amide bonds. The Morgan fingerprint density at radius 2 is 1.60 bits per heavy atom. The summed E-state index contributed by atoms with van der Waals surface area (Å²) in [5.74, 6) is 0. The van der Waals surface area contributed by atoms with Crippen LogP contribution in [-0.4, -0.2) is 10.2 Å². The maximum atomic E-state index is 5.72. The van der Waals surface area contributed by atoms with Gasteiger partial charge in [0.2, 0.25) is 0 Å². The Morgan fingerprint density at radius 3 is 2.10 bits per heavy atom. The molecule has 1 aromatic rings. The molecule has 0 heterocycles. The molecule has 10 heavy (non-hydrogen) atoms. The summed E-state index contributed by atoms with van der Waals surface area (Å²) >= 11 is 17.1. The summed E-state index contributed by atoms with van der Waals surface area (Å²) < 4.78 is 0. The van der Waals surface area contributed by atoms with Crippen LogP contribution in [0, 0.1) is 0 Å². The second-order valence-corrected chi connectivity index (χ2v) is 3.42. The van der Waals surface area contributed by atoms with Crippen molar-refractivity contribution in [1.29, 1.82) is 0 Å². The van der Waals surface area contributed by atoms with Crippen molar-refractivity contribution >= 4 is 50.2 Å². The molecule has 0 N–H and O–H groups in total. The van der Waals surface area contributed by atoms with E-state index in [9.17, 15) is 0 Å². The molecule has 0 fully saturated rings. The van der Waals surface area contributed by atoms with Gasteiger partial charge in [0.15, 0.2) is 0 Å².